The second kappa shape index (κ2) is 7.38. The van der Waals surface area contributed by atoms with Crippen LogP contribution in [0.3, 0.4) is 0 Å². The Balaban J connectivity index is 1.53. The summed E-state index contributed by atoms with van der Waals surface area (Å²) in [6.07, 6.45) is 2.50. The minimum atomic E-state index is 0.0104. The smallest absolute Gasteiger partial charge is 0.251 e. The van der Waals surface area contributed by atoms with Crippen LogP contribution in [0.2, 0.25) is 0 Å². The lowest BCUT2D eigenvalue weighted by atomic mass is 10.0. The van der Waals surface area contributed by atoms with E-state index in [9.17, 15) is 4.79 Å². The molecule has 0 spiro atoms. The molecule has 2 aromatic carbocycles. The molecule has 4 heteroatoms. The maximum absolute atomic E-state index is 12.8. The zero-order chi connectivity index (χ0) is 17.1. The van der Waals surface area contributed by atoms with Gasteiger partial charge in [0.05, 0.1) is 6.04 Å². The zero-order valence-electron chi connectivity index (χ0n) is 14.2. The van der Waals surface area contributed by atoms with E-state index in [4.69, 9.17) is 0 Å². The Labute approximate surface area is 152 Å². The highest BCUT2D eigenvalue weighted by atomic mass is 32.1. The average molecular weight is 350 g/mol. The second-order valence-electron chi connectivity index (χ2n) is 6.55. The van der Waals surface area contributed by atoms with Crippen LogP contribution in [0.15, 0.2) is 59.3 Å². The highest BCUT2D eigenvalue weighted by molar-refractivity contribution is 7.07. The molecule has 128 valence electrons. The SMILES string of the molecule is O=C(NC[C@H](c1ccsc1)N1CCCC1)c1cccc2ccccc12. The minimum absolute atomic E-state index is 0.0104. The molecular weight excluding hydrogens is 328 g/mol. The minimum Gasteiger partial charge on any atom is -0.350 e. The van der Waals surface area contributed by atoms with Crippen molar-refractivity contribution in [2.75, 3.05) is 19.6 Å². The summed E-state index contributed by atoms with van der Waals surface area (Å²) in [7, 11) is 0. The molecule has 1 saturated heterocycles. The monoisotopic (exact) mass is 350 g/mol. The fourth-order valence-corrected chi connectivity index (χ4v) is 4.39. The predicted octanol–water partition coefficient (Wildman–Crippen LogP) is 4.47. The first-order valence-electron chi connectivity index (χ1n) is 8.85. The first kappa shape index (κ1) is 16.3. The van der Waals surface area contributed by atoms with Gasteiger partial charge in [-0.1, -0.05) is 36.4 Å². The standard InChI is InChI=1S/C21H22N2OS/c24-21(19-9-5-7-16-6-1-2-8-18(16)19)22-14-20(17-10-13-25-15-17)23-11-3-4-12-23/h1-2,5-10,13,15,20H,3-4,11-12,14H2,(H,22,24)/t20-/m1/s1. The lowest BCUT2D eigenvalue weighted by Crippen LogP contribution is -2.36. The molecule has 1 fully saturated rings. The van der Waals surface area contributed by atoms with Crippen LogP contribution in [0, 0.1) is 0 Å². The fourth-order valence-electron chi connectivity index (χ4n) is 3.68. The normalized spacial score (nSPS) is 16.2. The number of rotatable bonds is 5. The maximum Gasteiger partial charge on any atom is 0.251 e. The molecule has 0 radical (unpaired) electrons. The highest BCUT2D eigenvalue weighted by Crippen LogP contribution is 2.26. The number of benzene rings is 2. The van der Waals surface area contributed by atoms with Gasteiger partial charge in [-0.05, 0) is 65.2 Å². The molecule has 25 heavy (non-hydrogen) atoms. The van der Waals surface area contributed by atoms with Gasteiger partial charge in [-0.2, -0.15) is 11.3 Å². The third kappa shape index (κ3) is 3.46. The molecule has 0 aliphatic carbocycles. The molecule has 1 N–H and O–H groups in total. The molecule has 3 aromatic rings. The molecule has 1 atom stereocenters. The van der Waals surface area contributed by atoms with E-state index in [1.54, 1.807) is 11.3 Å². The van der Waals surface area contributed by atoms with Gasteiger partial charge in [-0.3, -0.25) is 9.69 Å². The lowest BCUT2D eigenvalue weighted by Gasteiger charge is -2.27. The van der Waals surface area contributed by atoms with Crippen LogP contribution in [-0.2, 0) is 0 Å². The summed E-state index contributed by atoms with van der Waals surface area (Å²) >= 11 is 1.72. The maximum atomic E-state index is 12.8. The Hall–Kier alpha value is -2.17. The van der Waals surface area contributed by atoms with Gasteiger partial charge >= 0.3 is 0 Å². The van der Waals surface area contributed by atoms with E-state index in [2.05, 4.69) is 27.0 Å². The Kier molecular flexibility index (Phi) is 4.81. The highest BCUT2D eigenvalue weighted by Gasteiger charge is 2.24. The van der Waals surface area contributed by atoms with Crippen molar-refractivity contribution in [3.63, 3.8) is 0 Å². The van der Waals surface area contributed by atoms with Gasteiger partial charge in [-0.25, -0.2) is 0 Å². The van der Waals surface area contributed by atoms with E-state index in [1.165, 1.54) is 18.4 Å². The van der Waals surface area contributed by atoms with Crippen molar-refractivity contribution in [1.82, 2.24) is 10.2 Å². The van der Waals surface area contributed by atoms with Gasteiger partial charge < -0.3 is 5.32 Å². The van der Waals surface area contributed by atoms with E-state index in [0.29, 0.717) is 6.54 Å². The molecule has 0 bridgehead atoms. The number of fused-ring (bicyclic) bond motifs is 1. The summed E-state index contributed by atoms with van der Waals surface area (Å²) in [4.78, 5) is 15.3. The van der Waals surface area contributed by atoms with Crippen molar-refractivity contribution < 1.29 is 4.79 Å². The van der Waals surface area contributed by atoms with Crippen LogP contribution in [-0.4, -0.2) is 30.4 Å². The predicted molar refractivity (Wildman–Crippen MR) is 104 cm³/mol. The number of carbonyl (C=O) groups is 1. The summed E-state index contributed by atoms with van der Waals surface area (Å²) < 4.78 is 0. The number of nitrogens with one attached hydrogen (secondary N) is 1. The summed E-state index contributed by atoms with van der Waals surface area (Å²) in [6.45, 7) is 2.88. The van der Waals surface area contributed by atoms with Crippen LogP contribution in [0.25, 0.3) is 10.8 Å². The number of thiophene rings is 1. The topological polar surface area (TPSA) is 32.3 Å². The van der Waals surface area contributed by atoms with Gasteiger partial charge in [0.2, 0.25) is 0 Å². The number of hydrogen-bond donors (Lipinski definition) is 1. The first-order valence-corrected chi connectivity index (χ1v) is 9.79. The largest absolute Gasteiger partial charge is 0.350 e. The van der Waals surface area contributed by atoms with Gasteiger partial charge in [-0.15, -0.1) is 0 Å². The van der Waals surface area contributed by atoms with E-state index in [0.717, 1.165) is 29.4 Å². The van der Waals surface area contributed by atoms with Crippen LogP contribution >= 0.6 is 11.3 Å². The van der Waals surface area contributed by atoms with E-state index >= 15 is 0 Å². The number of likely N-dealkylation sites (tertiary alicyclic amines) is 1. The summed E-state index contributed by atoms with van der Waals surface area (Å²) in [6, 6.07) is 16.4. The third-order valence-electron chi connectivity index (χ3n) is 5.00. The van der Waals surface area contributed by atoms with E-state index in [-0.39, 0.29) is 11.9 Å². The Morgan fingerprint density at radius 2 is 1.88 bits per heavy atom. The third-order valence-corrected chi connectivity index (χ3v) is 5.70. The van der Waals surface area contributed by atoms with Gasteiger partial charge in [0, 0.05) is 12.1 Å². The number of nitrogens with zero attached hydrogens (tertiary/aromatic N) is 1. The Morgan fingerprint density at radius 3 is 2.68 bits per heavy atom. The summed E-state index contributed by atoms with van der Waals surface area (Å²) in [5.74, 6) is 0.0104. The lowest BCUT2D eigenvalue weighted by molar-refractivity contribution is 0.0939. The van der Waals surface area contributed by atoms with Crippen molar-refractivity contribution in [2.24, 2.45) is 0 Å². The van der Waals surface area contributed by atoms with E-state index in [1.807, 2.05) is 42.5 Å². The molecule has 3 nitrogen and oxygen atoms in total. The molecule has 0 unspecified atom stereocenters. The van der Waals surface area contributed by atoms with Crippen molar-refractivity contribution in [3.05, 3.63) is 70.4 Å². The van der Waals surface area contributed by atoms with Crippen LogP contribution in [0.1, 0.15) is 34.8 Å². The summed E-state index contributed by atoms with van der Waals surface area (Å²) in [5, 5.41) is 9.61. The second-order valence-corrected chi connectivity index (χ2v) is 7.33. The quantitative estimate of drug-likeness (QED) is 0.736. The Bertz CT molecular complexity index is 848. The number of carbonyl (C=O) groups excluding carboxylic acids is 1. The van der Waals surface area contributed by atoms with E-state index < -0.39 is 0 Å². The van der Waals surface area contributed by atoms with Crippen LogP contribution in [0.4, 0.5) is 0 Å². The Morgan fingerprint density at radius 1 is 1.08 bits per heavy atom. The zero-order valence-corrected chi connectivity index (χ0v) is 15.0. The van der Waals surface area contributed by atoms with Crippen LogP contribution in [0.5, 0.6) is 0 Å². The molecule has 4 rings (SSSR count). The van der Waals surface area contributed by atoms with Gasteiger partial charge in [0.1, 0.15) is 0 Å². The van der Waals surface area contributed by atoms with Crippen molar-refractivity contribution in [3.8, 4) is 0 Å². The molecule has 0 saturated carbocycles. The fraction of sp³-hybridized carbons (Fsp3) is 0.286. The molecule has 1 aliphatic heterocycles. The van der Waals surface area contributed by atoms with Crippen molar-refractivity contribution in [1.29, 1.82) is 0 Å². The van der Waals surface area contributed by atoms with Gasteiger partial charge in [0.15, 0.2) is 0 Å². The summed E-state index contributed by atoms with van der Waals surface area (Å²) in [5.41, 5.74) is 2.06. The van der Waals surface area contributed by atoms with Crippen molar-refractivity contribution in [2.45, 2.75) is 18.9 Å². The van der Waals surface area contributed by atoms with Gasteiger partial charge in [0.25, 0.3) is 5.91 Å². The molecule has 1 aliphatic rings. The average Bonchev–Trinajstić information content (AvgIpc) is 3.36. The molecule has 1 amide bonds. The molecule has 1 aromatic heterocycles. The molecular formula is C21H22N2OS. The number of amides is 1. The number of hydrogen-bond acceptors (Lipinski definition) is 3. The van der Waals surface area contributed by atoms with Crippen LogP contribution < -0.4 is 5.32 Å². The first-order chi connectivity index (χ1) is 12.3. The van der Waals surface area contributed by atoms with Crippen molar-refractivity contribution >= 4 is 28.0 Å². The molecule has 2 heterocycles.